The molecule has 0 unspecified atom stereocenters. The van der Waals surface area contributed by atoms with Gasteiger partial charge in [-0.3, -0.25) is 9.59 Å². The Kier molecular flexibility index (Phi) is 11.3. The molecule has 0 saturated heterocycles. The van der Waals surface area contributed by atoms with Crippen molar-refractivity contribution in [3.05, 3.63) is 28.8 Å². The van der Waals surface area contributed by atoms with E-state index < -0.39 is 36.5 Å². The number of carbonyl (C=O) groups excluding carboxylic acids is 2. The number of hydrogen-bond donors (Lipinski definition) is 5. The van der Waals surface area contributed by atoms with E-state index in [0.29, 0.717) is 11.7 Å². The first kappa shape index (κ1) is 28.4. The summed E-state index contributed by atoms with van der Waals surface area (Å²) in [5, 5.41) is 23.3. The summed E-state index contributed by atoms with van der Waals surface area (Å²) in [4.78, 5) is 37.0. The van der Waals surface area contributed by atoms with Gasteiger partial charge < -0.3 is 31.3 Å². The number of hydrogen-bond acceptors (Lipinski definition) is 6. The Hall–Kier alpha value is -2.65. The number of aliphatic hydroxyl groups excluding tert-OH is 1. The van der Waals surface area contributed by atoms with Gasteiger partial charge in [-0.1, -0.05) is 27.7 Å². The van der Waals surface area contributed by atoms with Gasteiger partial charge in [-0.15, -0.1) is 0 Å². The van der Waals surface area contributed by atoms with Crippen LogP contribution in [0.4, 0.5) is 0 Å². The molecule has 0 radical (unpaired) electrons. The van der Waals surface area contributed by atoms with Crippen molar-refractivity contribution < 1.29 is 29.3 Å². The van der Waals surface area contributed by atoms with Gasteiger partial charge >= 0.3 is 5.97 Å². The number of carboxylic acids is 1. The molecule has 9 nitrogen and oxygen atoms in total. The number of amides is 2. The van der Waals surface area contributed by atoms with Crippen LogP contribution >= 0.6 is 0 Å². The van der Waals surface area contributed by atoms with Crippen LogP contribution in [0.3, 0.4) is 0 Å². The lowest BCUT2D eigenvalue weighted by Gasteiger charge is -2.23. The molecule has 0 saturated carbocycles. The zero-order chi connectivity index (χ0) is 25.3. The molecule has 2 amide bonds. The van der Waals surface area contributed by atoms with Crippen molar-refractivity contribution in [1.82, 2.24) is 10.6 Å². The highest BCUT2D eigenvalue weighted by Crippen LogP contribution is 2.24. The third-order valence-electron chi connectivity index (χ3n) is 5.19. The third-order valence-corrected chi connectivity index (χ3v) is 5.19. The Morgan fingerprint density at radius 2 is 1.55 bits per heavy atom. The second-order valence-electron chi connectivity index (χ2n) is 9.37. The number of benzene rings is 1. The molecule has 1 rings (SSSR count). The van der Waals surface area contributed by atoms with Crippen LogP contribution in [-0.2, 0) is 9.59 Å². The summed E-state index contributed by atoms with van der Waals surface area (Å²) in [6, 6.07) is 0.853. The van der Waals surface area contributed by atoms with Crippen molar-refractivity contribution in [2.45, 2.75) is 72.5 Å². The maximum Gasteiger partial charge on any atom is 0.328 e. The second-order valence-corrected chi connectivity index (χ2v) is 9.37. The first-order valence-corrected chi connectivity index (χ1v) is 11.3. The number of aliphatic hydroxyl groups is 1. The van der Waals surface area contributed by atoms with Crippen LogP contribution in [0, 0.1) is 25.7 Å². The molecule has 0 aliphatic carbocycles. The summed E-state index contributed by atoms with van der Waals surface area (Å²) in [6.45, 7) is 11.2. The van der Waals surface area contributed by atoms with Crippen molar-refractivity contribution in [2.75, 3.05) is 13.2 Å². The van der Waals surface area contributed by atoms with Gasteiger partial charge in [-0.2, -0.15) is 0 Å². The number of nitrogens with two attached hydrogens (primary N) is 1. The van der Waals surface area contributed by atoms with Gasteiger partial charge in [0, 0.05) is 6.04 Å². The highest BCUT2D eigenvalue weighted by atomic mass is 16.5. The highest BCUT2D eigenvalue weighted by molar-refractivity contribution is 6.00. The van der Waals surface area contributed by atoms with Gasteiger partial charge in [0.2, 0.25) is 5.91 Å². The fourth-order valence-electron chi connectivity index (χ4n) is 3.35. The molecule has 0 fully saturated rings. The Morgan fingerprint density at radius 3 is 2.06 bits per heavy atom. The minimum atomic E-state index is -1.45. The Morgan fingerprint density at radius 1 is 0.970 bits per heavy atom. The van der Waals surface area contributed by atoms with E-state index in [1.807, 2.05) is 27.7 Å². The SMILES string of the molecule is Cc1cc(OC[C@H](N)CC(C)C)c(C(=O)N[C@@H](CC(C)C)C(=O)N[C@@H](CO)C(=O)O)cc1C. The van der Waals surface area contributed by atoms with Gasteiger partial charge in [0.05, 0.1) is 12.2 Å². The van der Waals surface area contributed by atoms with E-state index in [1.54, 1.807) is 12.1 Å². The van der Waals surface area contributed by atoms with E-state index in [1.165, 1.54) is 0 Å². The maximum atomic E-state index is 13.2. The number of ether oxygens (including phenoxy) is 1. The predicted octanol–water partition coefficient (Wildman–Crippen LogP) is 1.76. The number of rotatable bonds is 13. The molecule has 0 aliphatic rings. The van der Waals surface area contributed by atoms with Crippen LogP contribution in [0.2, 0.25) is 0 Å². The molecule has 0 heterocycles. The molecule has 0 aromatic heterocycles. The topological polar surface area (TPSA) is 151 Å². The fraction of sp³-hybridized carbons (Fsp3) is 0.625. The van der Waals surface area contributed by atoms with Crippen molar-refractivity contribution in [3.63, 3.8) is 0 Å². The monoisotopic (exact) mass is 465 g/mol. The van der Waals surface area contributed by atoms with Crippen LogP contribution in [0.15, 0.2) is 12.1 Å². The molecule has 186 valence electrons. The van der Waals surface area contributed by atoms with Crippen molar-refractivity contribution in [3.8, 4) is 5.75 Å². The summed E-state index contributed by atoms with van der Waals surface area (Å²) in [5.41, 5.74) is 8.23. The van der Waals surface area contributed by atoms with E-state index in [9.17, 15) is 19.5 Å². The van der Waals surface area contributed by atoms with E-state index in [0.717, 1.165) is 17.5 Å². The molecular formula is C24H39N3O6. The van der Waals surface area contributed by atoms with Crippen molar-refractivity contribution in [1.29, 1.82) is 0 Å². The largest absolute Gasteiger partial charge is 0.491 e. The average molecular weight is 466 g/mol. The zero-order valence-electron chi connectivity index (χ0n) is 20.5. The molecule has 6 N–H and O–H groups in total. The average Bonchev–Trinajstić information content (AvgIpc) is 2.70. The first-order chi connectivity index (χ1) is 15.3. The van der Waals surface area contributed by atoms with Gasteiger partial charge in [-0.25, -0.2) is 4.79 Å². The minimum Gasteiger partial charge on any atom is -0.491 e. The van der Waals surface area contributed by atoms with Crippen molar-refractivity contribution in [2.24, 2.45) is 17.6 Å². The lowest BCUT2D eigenvalue weighted by molar-refractivity contribution is -0.143. The maximum absolute atomic E-state index is 13.2. The number of carboxylic acid groups (broad SMARTS) is 1. The molecule has 1 aromatic rings. The van der Waals surface area contributed by atoms with Crippen LogP contribution < -0.4 is 21.1 Å². The number of carbonyl (C=O) groups is 3. The van der Waals surface area contributed by atoms with Crippen LogP contribution in [0.25, 0.3) is 0 Å². The quantitative estimate of drug-likeness (QED) is 0.298. The molecule has 33 heavy (non-hydrogen) atoms. The third kappa shape index (κ3) is 9.39. The van der Waals surface area contributed by atoms with Gasteiger partial charge in [0.25, 0.3) is 5.91 Å². The summed E-state index contributed by atoms with van der Waals surface area (Å²) in [7, 11) is 0. The Labute approximate surface area is 196 Å². The van der Waals surface area contributed by atoms with Crippen LogP contribution in [-0.4, -0.2) is 59.3 Å². The molecule has 1 aromatic carbocycles. The smallest absolute Gasteiger partial charge is 0.328 e. The zero-order valence-corrected chi connectivity index (χ0v) is 20.5. The molecule has 0 bridgehead atoms. The normalized spacial score (nSPS) is 14.0. The van der Waals surface area contributed by atoms with E-state index >= 15 is 0 Å². The predicted molar refractivity (Wildman–Crippen MR) is 126 cm³/mol. The highest BCUT2D eigenvalue weighted by Gasteiger charge is 2.28. The van der Waals surface area contributed by atoms with Crippen LogP contribution in [0.5, 0.6) is 5.75 Å². The van der Waals surface area contributed by atoms with E-state index in [4.69, 9.17) is 15.6 Å². The molecule has 0 spiro atoms. The molecule has 9 heteroatoms. The first-order valence-electron chi connectivity index (χ1n) is 11.3. The Bertz CT molecular complexity index is 825. The van der Waals surface area contributed by atoms with E-state index in [-0.39, 0.29) is 30.6 Å². The molecule has 0 aliphatic heterocycles. The van der Waals surface area contributed by atoms with E-state index in [2.05, 4.69) is 24.5 Å². The number of nitrogens with one attached hydrogen (secondary N) is 2. The minimum absolute atomic E-state index is 0.0444. The summed E-state index contributed by atoms with van der Waals surface area (Å²) in [6.07, 6.45) is 1.06. The van der Waals surface area contributed by atoms with Crippen molar-refractivity contribution >= 4 is 17.8 Å². The fourth-order valence-corrected chi connectivity index (χ4v) is 3.35. The number of aryl methyl sites for hydroxylation is 2. The Balaban J connectivity index is 3.11. The van der Waals surface area contributed by atoms with Gasteiger partial charge in [-0.05, 0) is 61.8 Å². The van der Waals surface area contributed by atoms with Crippen LogP contribution in [0.1, 0.15) is 62.0 Å². The molecular weight excluding hydrogens is 426 g/mol. The summed E-state index contributed by atoms with van der Waals surface area (Å²) < 4.78 is 5.90. The van der Waals surface area contributed by atoms with Gasteiger partial charge in [0.1, 0.15) is 24.4 Å². The summed E-state index contributed by atoms with van der Waals surface area (Å²) in [5.74, 6) is -1.72. The second kappa shape index (κ2) is 13.2. The summed E-state index contributed by atoms with van der Waals surface area (Å²) >= 11 is 0. The standard InChI is InChI=1S/C24H39N3O6/c1-13(2)7-17(25)12-33-21-10-16(6)15(5)9-18(21)22(29)26-19(8-14(3)4)23(30)27-20(11-28)24(31)32/h9-10,13-14,17,19-20,28H,7-8,11-12,25H2,1-6H3,(H,26,29)(H,27,30)(H,31,32)/t17-,19+,20+/m1/s1. The lowest BCUT2D eigenvalue weighted by atomic mass is 10.0. The van der Waals surface area contributed by atoms with Gasteiger partial charge in [0.15, 0.2) is 0 Å². The molecule has 3 atom stereocenters. The number of aliphatic carboxylic acids is 1. The lowest BCUT2D eigenvalue weighted by Crippen LogP contribution is -2.53.